The molecule has 8 heteroatoms. The summed E-state index contributed by atoms with van der Waals surface area (Å²) in [4.78, 5) is 37.9. The van der Waals surface area contributed by atoms with Gasteiger partial charge in [0.15, 0.2) is 5.13 Å². The minimum Gasteiger partial charge on any atom is -0.462 e. The lowest BCUT2D eigenvalue weighted by atomic mass is 10.1. The van der Waals surface area contributed by atoms with Gasteiger partial charge in [0.05, 0.1) is 34.7 Å². The number of thiazole rings is 1. The number of nitrogens with zero attached hydrogens (tertiary/aromatic N) is 3. The first-order valence-electron chi connectivity index (χ1n) is 8.10. The molecule has 0 aliphatic heterocycles. The minimum absolute atomic E-state index is 0.287. The quantitative estimate of drug-likeness (QED) is 0.707. The number of benzene rings is 1. The van der Waals surface area contributed by atoms with E-state index < -0.39 is 5.97 Å². The zero-order valence-corrected chi connectivity index (χ0v) is 15.7. The summed E-state index contributed by atoms with van der Waals surface area (Å²) in [6.07, 6.45) is 0. The first-order chi connectivity index (χ1) is 12.4. The van der Waals surface area contributed by atoms with Gasteiger partial charge in [-0.3, -0.25) is 10.1 Å². The highest BCUT2D eigenvalue weighted by Crippen LogP contribution is 2.24. The van der Waals surface area contributed by atoms with Crippen molar-refractivity contribution in [2.75, 3.05) is 11.9 Å². The van der Waals surface area contributed by atoms with E-state index in [0.717, 1.165) is 28.2 Å². The van der Waals surface area contributed by atoms with Crippen molar-refractivity contribution in [2.24, 2.45) is 0 Å². The van der Waals surface area contributed by atoms with Crippen LogP contribution in [0.4, 0.5) is 5.13 Å². The fraction of sp³-hybridized carbons (Fsp3) is 0.278. The number of carbonyl (C=O) groups excluding carboxylic acids is 2. The number of ether oxygens (including phenoxy) is 1. The number of carbonyl (C=O) groups is 2. The number of fused-ring (bicyclic) bond motifs is 1. The first-order valence-corrected chi connectivity index (χ1v) is 8.91. The molecule has 2 aromatic heterocycles. The number of hydrogen-bond donors (Lipinski definition) is 1. The van der Waals surface area contributed by atoms with Crippen LogP contribution in [0.3, 0.4) is 0 Å². The van der Waals surface area contributed by atoms with Crippen LogP contribution in [0.25, 0.3) is 11.0 Å². The number of esters is 1. The normalized spacial score (nSPS) is 10.8. The molecule has 3 rings (SSSR count). The van der Waals surface area contributed by atoms with E-state index in [2.05, 4.69) is 20.3 Å². The Labute approximate surface area is 154 Å². The third kappa shape index (κ3) is 3.55. The minimum atomic E-state index is -0.435. The number of nitrogens with one attached hydrogen (secondary N) is 1. The smallest absolute Gasteiger partial charge is 0.350 e. The van der Waals surface area contributed by atoms with Crippen molar-refractivity contribution in [3.05, 3.63) is 45.7 Å². The molecule has 7 nitrogen and oxygen atoms in total. The molecular formula is C18H18N4O3S. The van der Waals surface area contributed by atoms with Gasteiger partial charge in [0, 0.05) is 5.56 Å². The maximum atomic E-state index is 12.5. The van der Waals surface area contributed by atoms with Gasteiger partial charge in [-0.05, 0) is 45.9 Å². The van der Waals surface area contributed by atoms with Gasteiger partial charge in [-0.25, -0.2) is 19.7 Å². The van der Waals surface area contributed by atoms with E-state index >= 15 is 0 Å². The highest BCUT2D eigenvalue weighted by Gasteiger charge is 2.18. The number of anilines is 1. The Morgan fingerprint density at radius 3 is 2.42 bits per heavy atom. The Kier molecular flexibility index (Phi) is 4.94. The van der Waals surface area contributed by atoms with E-state index in [9.17, 15) is 9.59 Å². The van der Waals surface area contributed by atoms with Gasteiger partial charge < -0.3 is 4.74 Å². The van der Waals surface area contributed by atoms with Gasteiger partial charge in [-0.2, -0.15) is 0 Å². The van der Waals surface area contributed by atoms with Crippen molar-refractivity contribution in [1.82, 2.24) is 15.0 Å². The van der Waals surface area contributed by atoms with E-state index in [0.29, 0.717) is 26.8 Å². The molecule has 1 aromatic carbocycles. The highest BCUT2D eigenvalue weighted by atomic mass is 32.1. The summed E-state index contributed by atoms with van der Waals surface area (Å²) in [5.74, 6) is -0.758. The Hall–Kier alpha value is -2.87. The molecule has 0 aliphatic carbocycles. The van der Waals surface area contributed by atoms with Gasteiger partial charge in [0.1, 0.15) is 4.88 Å². The van der Waals surface area contributed by atoms with Crippen LogP contribution >= 0.6 is 11.3 Å². The summed E-state index contributed by atoms with van der Waals surface area (Å²) >= 11 is 1.09. The van der Waals surface area contributed by atoms with Crippen LogP contribution in [0.2, 0.25) is 0 Å². The number of rotatable bonds is 4. The van der Waals surface area contributed by atoms with E-state index in [1.807, 2.05) is 13.8 Å². The fourth-order valence-electron chi connectivity index (χ4n) is 2.38. The number of hydrogen-bond acceptors (Lipinski definition) is 7. The molecule has 3 aromatic rings. The van der Waals surface area contributed by atoms with Gasteiger partial charge in [0.25, 0.3) is 5.91 Å². The Morgan fingerprint density at radius 1 is 1.04 bits per heavy atom. The second-order valence-corrected chi connectivity index (χ2v) is 6.71. The van der Waals surface area contributed by atoms with Crippen molar-refractivity contribution < 1.29 is 14.3 Å². The lowest BCUT2D eigenvalue weighted by Crippen LogP contribution is -2.11. The zero-order valence-electron chi connectivity index (χ0n) is 14.9. The molecule has 0 bridgehead atoms. The Balaban J connectivity index is 1.84. The summed E-state index contributed by atoms with van der Waals surface area (Å²) < 4.78 is 4.98. The molecule has 1 amide bonds. The molecule has 26 heavy (non-hydrogen) atoms. The van der Waals surface area contributed by atoms with Gasteiger partial charge in [0.2, 0.25) is 0 Å². The molecule has 0 saturated carbocycles. The second kappa shape index (κ2) is 7.17. The monoisotopic (exact) mass is 370 g/mol. The molecule has 2 heterocycles. The molecule has 1 N–H and O–H groups in total. The summed E-state index contributed by atoms with van der Waals surface area (Å²) in [7, 11) is 0. The summed E-state index contributed by atoms with van der Waals surface area (Å²) in [5.41, 5.74) is 4.05. The summed E-state index contributed by atoms with van der Waals surface area (Å²) in [6, 6.07) is 5.14. The highest BCUT2D eigenvalue weighted by molar-refractivity contribution is 7.17. The Morgan fingerprint density at radius 2 is 1.73 bits per heavy atom. The molecule has 0 aliphatic rings. The average Bonchev–Trinajstić information content (AvgIpc) is 2.96. The average molecular weight is 370 g/mol. The zero-order chi connectivity index (χ0) is 18.8. The van der Waals surface area contributed by atoms with Crippen LogP contribution < -0.4 is 5.32 Å². The fourth-order valence-corrected chi connectivity index (χ4v) is 3.23. The van der Waals surface area contributed by atoms with Crippen LogP contribution in [0.1, 0.15) is 44.0 Å². The summed E-state index contributed by atoms with van der Waals surface area (Å²) in [5, 5.41) is 3.07. The molecule has 0 fully saturated rings. The van der Waals surface area contributed by atoms with Crippen molar-refractivity contribution in [3.63, 3.8) is 0 Å². The number of amides is 1. The molecule has 0 atom stereocenters. The lowest BCUT2D eigenvalue weighted by Gasteiger charge is -2.05. The number of aromatic nitrogens is 3. The van der Waals surface area contributed by atoms with E-state index in [1.54, 1.807) is 32.0 Å². The predicted octanol–water partition coefficient (Wildman–Crippen LogP) is 3.44. The van der Waals surface area contributed by atoms with Gasteiger partial charge in [-0.1, -0.05) is 11.3 Å². The van der Waals surface area contributed by atoms with Crippen LogP contribution in [0.5, 0.6) is 0 Å². The van der Waals surface area contributed by atoms with Crippen LogP contribution in [0, 0.1) is 20.8 Å². The van der Waals surface area contributed by atoms with Crippen molar-refractivity contribution >= 4 is 39.4 Å². The standard InChI is InChI=1S/C18H18N4O3S/c1-5-25-17(24)15-11(4)21-18(26-15)22-16(23)12-6-7-13-14(8-12)20-10(3)9(2)19-13/h6-8H,5H2,1-4H3,(H,21,22,23). The van der Waals surface area contributed by atoms with Crippen molar-refractivity contribution in [1.29, 1.82) is 0 Å². The van der Waals surface area contributed by atoms with Gasteiger partial charge in [-0.15, -0.1) is 0 Å². The third-order valence-corrected chi connectivity index (χ3v) is 4.87. The summed E-state index contributed by atoms with van der Waals surface area (Å²) in [6.45, 7) is 7.50. The molecule has 0 radical (unpaired) electrons. The second-order valence-electron chi connectivity index (χ2n) is 5.71. The van der Waals surface area contributed by atoms with Crippen LogP contribution in [-0.4, -0.2) is 33.4 Å². The maximum Gasteiger partial charge on any atom is 0.350 e. The van der Waals surface area contributed by atoms with E-state index in [1.165, 1.54) is 0 Å². The van der Waals surface area contributed by atoms with Gasteiger partial charge >= 0.3 is 5.97 Å². The molecule has 134 valence electrons. The predicted molar refractivity (Wildman–Crippen MR) is 99.8 cm³/mol. The first kappa shape index (κ1) is 17.9. The number of aryl methyl sites for hydroxylation is 3. The molecular weight excluding hydrogens is 352 g/mol. The van der Waals surface area contributed by atoms with Crippen molar-refractivity contribution in [2.45, 2.75) is 27.7 Å². The maximum absolute atomic E-state index is 12.5. The Bertz CT molecular complexity index is 1010. The molecule has 0 saturated heterocycles. The third-order valence-electron chi connectivity index (χ3n) is 3.82. The molecule has 0 spiro atoms. The van der Waals surface area contributed by atoms with Crippen LogP contribution in [-0.2, 0) is 4.74 Å². The molecule has 0 unspecified atom stereocenters. The topological polar surface area (TPSA) is 94.1 Å². The van der Waals surface area contributed by atoms with E-state index in [-0.39, 0.29) is 12.5 Å². The lowest BCUT2D eigenvalue weighted by molar-refractivity contribution is 0.0531. The van der Waals surface area contributed by atoms with Crippen molar-refractivity contribution in [3.8, 4) is 0 Å². The van der Waals surface area contributed by atoms with E-state index in [4.69, 9.17) is 4.74 Å². The SMILES string of the molecule is CCOC(=O)c1sc(NC(=O)c2ccc3nc(C)c(C)nc3c2)nc1C. The van der Waals surface area contributed by atoms with Crippen LogP contribution in [0.15, 0.2) is 18.2 Å². The largest absolute Gasteiger partial charge is 0.462 e.